The Bertz CT molecular complexity index is 532. The highest BCUT2D eigenvalue weighted by atomic mass is 16.7. The van der Waals surface area contributed by atoms with Crippen LogP contribution in [0.2, 0.25) is 0 Å². The number of ether oxygens (including phenoxy) is 3. The molecule has 0 aromatic carbocycles. The maximum atomic E-state index is 11.9. The van der Waals surface area contributed by atoms with Gasteiger partial charge >= 0.3 is 5.97 Å². The Balaban J connectivity index is 2.00. The lowest BCUT2D eigenvalue weighted by molar-refractivity contribution is -0.295. The molecule has 1 aliphatic rings. The molecule has 0 saturated carbocycles. The number of allylic oxidation sites excluding steroid dienone is 4. The number of esters is 1. The van der Waals surface area contributed by atoms with E-state index in [9.17, 15) is 20.1 Å². The molecule has 1 rings (SSSR count). The number of carbonyl (C=O) groups excluding carboxylic acids is 1. The molecule has 0 aromatic rings. The van der Waals surface area contributed by atoms with Crippen LogP contribution < -0.4 is 0 Å². The quantitative estimate of drug-likeness (QED) is 0.174. The number of hydrogen-bond acceptors (Lipinski definition) is 7. The summed E-state index contributed by atoms with van der Waals surface area (Å²) in [6.07, 6.45) is 15.5. The second-order valence-electron chi connectivity index (χ2n) is 8.41. The number of hydrogen-bond donors (Lipinski definition) is 3. The van der Waals surface area contributed by atoms with Crippen LogP contribution in [-0.4, -0.2) is 65.7 Å². The smallest absolute Gasteiger partial charge is 0.305 e. The Morgan fingerprint density at radius 2 is 1.47 bits per heavy atom. The molecule has 0 amide bonds. The largest absolute Gasteiger partial charge is 0.463 e. The van der Waals surface area contributed by atoms with Crippen molar-refractivity contribution in [1.29, 1.82) is 0 Å². The van der Waals surface area contributed by atoms with Gasteiger partial charge in [0.15, 0.2) is 6.29 Å². The van der Waals surface area contributed by atoms with Crippen molar-refractivity contribution < 1.29 is 34.3 Å². The van der Waals surface area contributed by atoms with Gasteiger partial charge < -0.3 is 29.5 Å². The van der Waals surface area contributed by atoms with Crippen LogP contribution in [-0.2, 0) is 19.0 Å². The molecule has 1 heterocycles. The SMILES string of the molecule is CCCCCC=CC/C=C\CCCCCCCC(=O)OC[C@H]1O[C@H](OC)[C@H](O)[C@@H](O)[C@@H]1O. The predicted molar refractivity (Wildman–Crippen MR) is 124 cm³/mol. The van der Waals surface area contributed by atoms with Crippen LogP contribution >= 0.6 is 0 Å². The molecule has 0 radical (unpaired) electrons. The zero-order chi connectivity index (χ0) is 23.6. The van der Waals surface area contributed by atoms with Crippen molar-refractivity contribution in [1.82, 2.24) is 0 Å². The Morgan fingerprint density at radius 1 is 0.844 bits per heavy atom. The zero-order valence-electron chi connectivity index (χ0n) is 19.9. The van der Waals surface area contributed by atoms with Crippen LogP contribution in [0.4, 0.5) is 0 Å². The van der Waals surface area contributed by atoms with Crippen LogP contribution in [0, 0.1) is 0 Å². The molecule has 3 N–H and O–H groups in total. The molecule has 1 aliphatic heterocycles. The van der Waals surface area contributed by atoms with Crippen LogP contribution in [0.1, 0.15) is 84.0 Å². The number of unbranched alkanes of at least 4 members (excludes halogenated alkanes) is 8. The average Bonchev–Trinajstić information content (AvgIpc) is 2.79. The first-order chi connectivity index (χ1) is 15.5. The summed E-state index contributed by atoms with van der Waals surface area (Å²) in [4.78, 5) is 11.9. The molecule has 7 nitrogen and oxygen atoms in total. The van der Waals surface area contributed by atoms with Crippen molar-refractivity contribution >= 4 is 5.97 Å². The molecule has 0 unspecified atom stereocenters. The van der Waals surface area contributed by atoms with Crippen molar-refractivity contribution in [2.45, 2.75) is 115 Å². The van der Waals surface area contributed by atoms with E-state index in [1.54, 1.807) is 0 Å². The maximum absolute atomic E-state index is 11.9. The van der Waals surface area contributed by atoms with E-state index in [1.807, 2.05) is 0 Å². The Morgan fingerprint density at radius 3 is 2.12 bits per heavy atom. The van der Waals surface area contributed by atoms with Crippen molar-refractivity contribution in [3.63, 3.8) is 0 Å². The highest BCUT2D eigenvalue weighted by Crippen LogP contribution is 2.22. The standard InChI is InChI=1S/C25H44O7/c1-3-4-5-6-7-8-9-10-11-12-13-14-15-16-17-18-21(26)31-19-20-22(27)23(28)24(29)25(30-2)32-20/h7-8,10-11,20,22-25,27-29H,3-6,9,12-19H2,1-2H3/b8-7?,11-10-/t20-,22-,23+,24-,25+/m1/s1. The fourth-order valence-electron chi connectivity index (χ4n) is 3.58. The van der Waals surface area contributed by atoms with Crippen LogP contribution in [0.15, 0.2) is 24.3 Å². The van der Waals surface area contributed by atoms with Crippen molar-refractivity contribution in [2.75, 3.05) is 13.7 Å². The monoisotopic (exact) mass is 456 g/mol. The summed E-state index contributed by atoms with van der Waals surface area (Å²) >= 11 is 0. The summed E-state index contributed by atoms with van der Waals surface area (Å²) in [6, 6.07) is 0. The maximum Gasteiger partial charge on any atom is 0.305 e. The second-order valence-corrected chi connectivity index (χ2v) is 8.41. The Labute approximate surface area is 193 Å². The third-order valence-corrected chi connectivity index (χ3v) is 5.64. The van der Waals surface area contributed by atoms with E-state index in [0.29, 0.717) is 6.42 Å². The topological polar surface area (TPSA) is 105 Å². The van der Waals surface area contributed by atoms with E-state index < -0.39 is 30.7 Å². The lowest BCUT2D eigenvalue weighted by Gasteiger charge is -2.39. The van der Waals surface area contributed by atoms with Crippen LogP contribution in [0.3, 0.4) is 0 Å². The molecular weight excluding hydrogens is 412 g/mol. The molecule has 1 saturated heterocycles. The number of carbonyl (C=O) groups is 1. The lowest BCUT2D eigenvalue weighted by Crippen LogP contribution is -2.59. The molecule has 0 bridgehead atoms. The van der Waals surface area contributed by atoms with E-state index in [0.717, 1.165) is 44.9 Å². The Hall–Kier alpha value is -1.25. The molecule has 7 heteroatoms. The van der Waals surface area contributed by atoms with Gasteiger partial charge in [-0.3, -0.25) is 4.79 Å². The van der Waals surface area contributed by atoms with Crippen LogP contribution in [0.5, 0.6) is 0 Å². The predicted octanol–water partition coefficient (Wildman–Crippen LogP) is 3.80. The van der Waals surface area contributed by atoms with E-state index >= 15 is 0 Å². The van der Waals surface area contributed by atoms with Gasteiger partial charge in [0.25, 0.3) is 0 Å². The first kappa shape index (κ1) is 28.8. The molecule has 32 heavy (non-hydrogen) atoms. The first-order valence-corrected chi connectivity index (χ1v) is 12.2. The average molecular weight is 457 g/mol. The fourth-order valence-corrected chi connectivity index (χ4v) is 3.58. The van der Waals surface area contributed by atoms with Gasteiger partial charge in [-0.15, -0.1) is 0 Å². The highest BCUT2D eigenvalue weighted by molar-refractivity contribution is 5.69. The van der Waals surface area contributed by atoms with Gasteiger partial charge in [0, 0.05) is 13.5 Å². The lowest BCUT2D eigenvalue weighted by atomic mass is 9.99. The molecule has 0 aromatic heterocycles. The summed E-state index contributed by atoms with van der Waals surface area (Å²) in [5.74, 6) is -0.360. The number of rotatable bonds is 17. The Kier molecular flexibility index (Phi) is 16.4. The van der Waals surface area contributed by atoms with Crippen molar-refractivity contribution in [3.8, 4) is 0 Å². The summed E-state index contributed by atoms with van der Waals surface area (Å²) in [7, 11) is 1.32. The molecular formula is C25H44O7. The van der Waals surface area contributed by atoms with Gasteiger partial charge in [0.05, 0.1) is 0 Å². The van der Waals surface area contributed by atoms with Gasteiger partial charge in [-0.05, 0) is 38.5 Å². The third-order valence-electron chi connectivity index (χ3n) is 5.64. The van der Waals surface area contributed by atoms with E-state index in [4.69, 9.17) is 14.2 Å². The summed E-state index contributed by atoms with van der Waals surface area (Å²) in [5.41, 5.74) is 0. The minimum atomic E-state index is -1.42. The van der Waals surface area contributed by atoms with Gasteiger partial charge in [-0.25, -0.2) is 0 Å². The van der Waals surface area contributed by atoms with Crippen LogP contribution in [0.25, 0.3) is 0 Å². The number of aliphatic hydroxyl groups excluding tert-OH is 3. The molecule has 0 aliphatic carbocycles. The number of aliphatic hydroxyl groups is 3. The molecule has 5 atom stereocenters. The summed E-state index contributed by atoms with van der Waals surface area (Å²) < 4.78 is 15.4. The zero-order valence-corrected chi connectivity index (χ0v) is 19.9. The van der Waals surface area contributed by atoms with Gasteiger partial charge in [0.1, 0.15) is 31.0 Å². The van der Waals surface area contributed by atoms with Crippen molar-refractivity contribution in [2.24, 2.45) is 0 Å². The first-order valence-electron chi connectivity index (χ1n) is 12.2. The van der Waals surface area contributed by atoms with E-state index in [-0.39, 0.29) is 12.6 Å². The van der Waals surface area contributed by atoms with E-state index in [2.05, 4.69) is 31.2 Å². The fraction of sp³-hybridized carbons (Fsp3) is 0.800. The van der Waals surface area contributed by atoms with Crippen molar-refractivity contribution in [3.05, 3.63) is 24.3 Å². The summed E-state index contributed by atoms with van der Waals surface area (Å²) in [5, 5.41) is 29.5. The molecule has 0 spiro atoms. The molecule has 186 valence electrons. The number of methoxy groups -OCH3 is 1. The molecule has 1 fully saturated rings. The van der Waals surface area contributed by atoms with E-state index in [1.165, 1.54) is 32.8 Å². The normalized spacial score (nSPS) is 26.2. The minimum absolute atomic E-state index is 0.191. The highest BCUT2D eigenvalue weighted by Gasteiger charge is 2.44. The third kappa shape index (κ3) is 12.1. The van der Waals surface area contributed by atoms with Gasteiger partial charge in [0.2, 0.25) is 0 Å². The minimum Gasteiger partial charge on any atom is -0.463 e. The second kappa shape index (κ2) is 18.2. The van der Waals surface area contributed by atoms with Gasteiger partial charge in [-0.2, -0.15) is 0 Å². The van der Waals surface area contributed by atoms with Gasteiger partial charge in [-0.1, -0.05) is 63.3 Å². The summed E-state index contributed by atoms with van der Waals surface area (Å²) in [6.45, 7) is 2.03.